The molecule has 0 saturated carbocycles. The summed E-state index contributed by atoms with van der Waals surface area (Å²) in [5, 5.41) is 6.60. The number of rotatable bonds is 4. The molecular weight excluding hydrogens is 208 g/mol. The Kier molecular flexibility index (Phi) is 3.75. The van der Waals surface area contributed by atoms with Crippen molar-refractivity contribution in [3.8, 4) is 0 Å². The number of hydrogen-bond acceptors (Lipinski definition) is 4. The van der Waals surface area contributed by atoms with Crippen molar-refractivity contribution in [3.63, 3.8) is 0 Å². The van der Waals surface area contributed by atoms with Crippen LogP contribution in [0.3, 0.4) is 0 Å². The van der Waals surface area contributed by atoms with Gasteiger partial charge in [0.2, 0.25) is 0 Å². The molecule has 1 aromatic rings. The minimum Gasteiger partial charge on any atom is -0.497 e. The molecule has 2 heterocycles. The highest BCUT2D eigenvalue weighted by Gasteiger charge is 2.10. The lowest BCUT2D eigenvalue weighted by Gasteiger charge is -2.19. The van der Waals surface area contributed by atoms with Gasteiger partial charge < -0.3 is 10.1 Å². The summed E-state index contributed by atoms with van der Waals surface area (Å²) >= 11 is 1.70. The molecule has 4 heteroatoms. The zero-order chi connectivity index (χ0) is 10.5. The SMILES string of the molecule is Cc1nc(CNCC2CCC=CO2)cs1. The molecule has 1 aliphatic heterocycles. The van der Waals surface area contributed by atoms with Gasteiger partial charge in [0, 0.05) is 18.5 Å². The molecule has 0 radical (unpaired) electrons. The molecule has 1 aliphatic rings. The summed E-state index contributed by atoms with van der Waals surface area (Å²) in [4.78, 5) is 4.39. The number of nitrogens with zero attached hydrogens (tertiary/aromatic N) is 1. The Morgan fingerprint density at radius 2 is 2.60 bits per heavy atom. The van der Waals surface area contributed by atoms with Crippen LogP contribution in [0.4, 0.5) is 0 Å². The normalized spacial score (nSPS) is 20.2. The van der Waals surface area contributed by atoms with Gasteiger partial charge in [-0.25, -0.2) is 4.98 Å². The first-order chi connectivity index (χ1) is 7.34. The third kappa shape index (κ3) is 3.32. The highest BCUT2D eigenvalue weighted by Crippen LogP contribution is 2.10. The first kappa shape index (κ1) is 10.6. The number of thiazole rings is 1. The minimum atomic E-state index is 0.328. The van der Waals surface area contributed by atoms with E-state index in [1.54, 1.807) is 11.3 Å². The monoisotopic (exact) mass is 224 g/mol. The first-order valence-electron chi connectivity index (χ1n) is 5.27. The highest BCUT2D eigenvalue weighted by atomic mass is 32.1. The number of ether oxygens (including phenoxy) is 1. The van der Waals surface area contributed by atoms with Crippen molar-refractivity contribution >= 4 is 11.3 Å². The molecule has 0 aromatic carbocycles. The molecule has 1 aromatic heterocycles. The van der Waals surface area contributed by atoms with Crippen LogP contribution in [0.5, 0.6) is 0 Å². The third-order valence-electron chi connectivity index (χ3n) is 2.37. The van der Waals surface area contributed by atoms with Crippen molar-refractivity contribution in [1.29, 1.82) is 0 Å². The smallest absolute Gasteiger partial charge is 0.110 e. The van der Waals surface area contributed by atoms with E-state index >= 15 is 0 Å². The summed E-state index contributed by atoms with van der Waals surface area (Å²) in [6.07, 6.45) is 6.44. The van der Waals surface area contributed by atoms with Crippen molar-refractivity contribution in [2.75, 3.05) is 6.54 Å². The van der Waals surface area contributed by atoms with E-state index in [9.17, 15) is 0 Å². The van der Waals surface area contributed by atoms with Crippen LogP contribution in [-0.2, 0) is 11.3 Å². The predicted molar refractivity (Wildman–Crippen MR) is 61.8 cm³/mol. The topological polar surface area (TPSA) is 34.2 Å². The number of allylic oxidation sites excluding steroid dienone is 1. The van der Waals surface area contributed by atoms with Gasteiger partial charge in [-0.15, -0.1) is 11.3 Å². The van der Waals surface area contributed by atoms with Crippen molar-refractivity contribution in [1.82, 2.24) is 10.3 Å². The fourth-order valence-corrected chi connectivity index (χ4v) is 2.20. The summed E-state index contributed by atoms with van der Waals surface area (Å²) in [7, 11) is 0. The molecule has 0 amide bonds. The van der Waals surface area contributed by atoms with Crippen molar-refractivity contribution in [3.05, 3.63) is 28.4 Å². The van der Waals surface area contributed by atoms with E-state index in [1.165, 1.54) is 0 Å². The Labute approximate surface area is 94.2 Å². The first-order valence-corrected chi connectivity index (χ1v) is 6.15. The van der Waals surface area contributed by atoms with Gasteiger partial charge in [-0.05, 0) is 25.8 Å². The van der Waals surface area contributed by atoms with Crippen LogP contribution in [0.25, 0.3) is 0 Å². The standard InChI is InChI=1S/C11H16N2OS/c1-9-13-10(8-15-9)6-12-7-11-4-2-3-5-14-11/h3,5,8,11-12H,2,4,6-7H2,1H3. The number of aryl methyl sites for hydroxylation is 1. The zero-order valence-electron chi connectivity index (χ0n) is 8.90. The summed E-state index contributed by atoms with van der Waals surface area (Å²) in [5.74, 6) is 0. The van der Waals surface area contributed by atoms with Crippen LogP contribution < -0.4 is 5.32 Å². The lowest BCUT2D eigenvalue weighted by molar-refractivity contribution is 0.122. The molecule has 1 N–H and O–H groups in total. The molecule has 1 unspecified atom stereocenters. The Balaban J connectivity index is 1.68. The number of aromatic nitrogens is 1. The van der Waals surface area contributed by atoms with Crippen molar-refractivity contribution in [2.45, 2.75) is 32.4 Å². The second kappa shape index (κ2) is 5.28. The molecule has 1 atom stereocenters. The third-order valence-corrected chi connectivity index (χ3v) is 3.19. The Bertz CT molecular complexity index is 335. The van der Waals surface area contributed by atoms with Gasteiger partial charge in [0.25, 0.3) is 0 Å². The van der Waals surface area contributed by atoms with Gasteiger partial charge in [-0.1, -0.05) is 0 Å². The van der Waals surface area contributed by atoms with Crippen LogP contribution in [0, 0.1) is 6.92 Å². The van der Waals surface area contributed by atoms with Crippen molar-refractivity contribution < 1.29 is 4.74 Å². The highest BCUT2D eigenvalue weighted by molar-refractivity contribution is 7.09. The van der Waals surface area contributed by atoms with E-state index in [1.807, 2.05) is 13.2 Å². The van der Waals surface area contributed by atoms with Crippen LogP contribution in [0.15, 0.2) is 17.7 Å². The Morgan fingerprint density at radius 3 is 3.27 bits per heavy atom. The lowest BCUT2D eigenvalue weighted by atomic mass is 10.1. The second-order valence-electron chi connectivity index (χ2n) is 3.70. The summed E-state index contributed by atoms with van der Waals surface area (Å²) in [6.45, 7) is 3.78. The second-order valence-corrected chi connectivity index (χ2v) is 4.76. The quantitative estimate of drug-likeness (QED) is 0.851. The van der Waals surface area contributed by atoms with E-state index in [0.717, 1.165) is 36.6 Å². The van der Waals surface area contributed by atoms with E-state index in [0.29, 0.717) is 6.10 Å². The van der Waals surface area contributed by atoms with E-state index in [4.69, 9.17) is 4.74 Å². The maximum atomic E-state index is 5.46. The number of hydrogen-bond donors (Lipinski definition) is 1. The largest absolute Gasteiger partial charge is 0.497 e. The fraction of sp³-hybridized carbons (Fsp3) is 0.545. The molecule has 0 aliphatic carbocycles. The molecule has 3 nitrogen and oxygen atoms in total. The molecular formula is C11H16N2OS. The predicted octanol–water partition coefficient (Wildman–Crippen LogP) is 2.23. The van der Waals surface area contributed by atoms with Crippen LogP contribution in [0.2, 0.25) is 0 Å². The van der Waals surface area contributed by atoms with Crippen LogP contribution in [0.1, 0.15) is 23.5 Å². The Hall–Kier alpha value is -0.870. The van der Waals surface area contributed by atoms with Gasteiger partial charge in [0.1, 0.15) is 6.10 Å². The van der Waals surface area contributed by atoms with Gasteiger partial charge in [-0.3, -0.25) is 0 Å². The molecule has 0 saturated heterocycles. The van der Waals surface area contributed by atoms with Gasteiger partial charge >= 0.3 is 0 Å². The molecule has 15 heavy (non-hydrogen) atoms. The summed E-state index contributed by atoms with van der Waals surface area (Å²) in [6, 6.07) is 0. The molecule has 0 bridgehead atoms. The van der Waals surface area contributed by atoms with Gasteiger partial charge in [-0.2, -0.15) is 0 Å². The summed E-state index contributed by atoms with van der Waals surface area (Å²) < 4.78 is 5.46. The summed E-state index contributed by atoms with van der Waals surface area (Å²) in [5.41, 5.74) is 1.13. The van der Waals surface area contributed by atoms with Crippen LogP contribution >= 0.6 is 11.3 Å². The zero-order valence-corrected chi connectivity index (χ0v) is 9.72. The average Bonchev–Trinajstić information content (AvgIpc) is 2.66. The van der Waals surface area contributed by atoms with E-state index in [-0.39, 0.29) is 0 Å². The van der Waals surface area contributed by atoms with E-state index in [2.05, 4.69) is 21.8 Å². The fourth-order valence-electron chi connectivity index (χ4n) is 1.59. The Morgan fingerprint density at radius 1 is 1.67 bits per heavy atom. The molecule has 0 fully saturated rings. The van der Waals surface area contributed by atoms with Gasteiger partial charge in [0.05, 0.1) is 17.0 Å². The molecule has 82 valence electrons. The van der Waals surface area contributed by atoms with Crippen molar-refractivity contribution in [2.24, 2.45) is 0 Å². The minimum absolute atomic E-state index is 0.328. The van der Waals surface area contributed by atoms with Crippen LogP contribution in [-0.4, -0.2) is 17.6 Å². The average molecular weight is 224 g/mol. The lowest BCUT2D eigenvalue weighted by Crippen LogP contribution is -2.28. The molecule has 2 rings (SSSR count). The molecule has 0 spiro atoms. The van der Waals surface area contributed by atoms with Gasteiger partial charge in [0.15, 0.2) is 0 Å². The maximum absolute atomic E-state index is 5.46. The maximum Gasteiger partial charge on any atom is 0.110 e. The van der Waals surface area contributed by atoms with E-state index < -0.39 is 0 Å². The number of nitrogens with one attached hydrogen (secondary N) is 1.